The zero-order valence-corrected chi connectivity index (χ0v) is 12.5. The maximum absolute atomic E-state index is 11.8. The van der Waals surface area contributed by atoms with E-state index in [1.807, 2.05) is 7.05 Å². The van der Waals surface area contributed by atoms with Crippen molar-refractivity contribution < 1.29 is 4.79 Å². The van der Waals surface area contributed by atoms with Gasteiger partial charge >= 0.3 is 0 Å². The summed E-state index contributed by atoms with van der Waals surface area (Å²) >= 11 is 0. The van der Waals surface area contributed by atoms with Crippen molar-refractivity contribution >= 4 is 5.78 Å². The Kier molecular flexibility index (Phi) is 8.19. The predicted octanol–water partition coefficient (Wildman–Crippen LogP) is 4.52. The van der Waals surface area contributed by atoms with Crippen molar-refractivity contribution in [3.8, 4) is 0 Å². The van der Waals surface area contributed by atoms with Crippen LogP contribution in [-0.4, -0.2) is 15.6 Å². The third kappa shape index (κ3) is 7.14. The van der Waals surface area contributed by atoms with Gasteiger partial charge in [0.05, 0.1) is 11.8 Å². The van der Waals surface area contributed by atoms with E-state index in [1.165, 1.54) is 51.4 Å². The number of rotatable bonds is 11. The third-order valence-corrected chi connectivity index (χ3v) is 3.53. The van der Waals surface area contributed by atoms with Gasteiger partial charge in [-0.05, 0) is 6.42 Å². The van der Waals surface area contributed by atoms with E-state index in [4.69, 9.17) is 0 Å². The van der Waals surface area contributed by atoms with Gasteiger partial charge in [0.1, 0.15) is 0 Å². The van der Waals surface area contributed by atoms with E-state index in [2.05, 4.69) is 12.0 Å². The first kappa shape index (κ1) is 15.9. The molecule has 0 bridgehead atoms. The van der Waals surface area contributed by atoms with Crippen molar-refractivity contribution in [1.82, 2.24) is 9.78 Å². The molecular weight excluding hydrogens is 236 g/mol. The lowest BCUT2D eigenvalue weighted by molar-refractivity contribution is 0.0979. The minimum absolute atomic E-state index is 0.232. The highest BCUT2D eigenvalue weighted by molar-refractivity contribution is 5.95. The molecule has 1 aromatic heterocycles. The van der Waals surface area contributed by atoms with Gasteiger partial charge in [0.25, 0.3) is 0 Å². The molecule has 108 valence electrons. The Balaban J connectivity index is 1.95. The number of aryl methyl sites for hydroxylation is 1. The highest BCUT2D eigenvalue weighted by Crippen LogP contribution is 2.12. The number of nitrogens with zero attached hydrogens (tertiary/aromatic N) is 2. The SMILES string of the molecule is CCCCCCCCCCCC(=O)c1cnn(C)c1. The molecule has 0 spiro atoms. The molecule has 0 aliphatic rings. The van der Waals surface area contributed by atoms with Gasteiger partial charge in [-0.3, -0.25) is 9.48 Å². The van der Waals surface area contributed by atoms with Crippen LogP contribution in [0.25, 0.3) is 0 Å². The lowest BCUT2D eigenvalue weighted by atomic mass is 10.0. The fraction of sp³-hybridized carbons (Fsp3) is 0.750. The second-order valence-electron chi connectivity index (χ2n) is 5.40. The van der Waals surface area contributed by atoms with Crippen LogP contribution in [0.3, 0.4) is 0 Å². The first-order chi connectivity index (χ1) is 9.24. The van der Waals surface area contributed by atoms with E-state index < -0.39 is 0 Å². The Morgan fingerprint density at radius 3 is 2.16 bits per heavy atom. The summed E-state index contributed by atoms with van der Waals surface area (Å²) in [5.41, 5.74) is 0.752. The minimum atomic E-state index is 0.232. The van der Waals surface area contributed by atoms with Gasteiger partial charge < -0.3 is 0 Å². The van der Waals surface area contributed by atoms with Gasteiger partial charge in [-0.25, -0.2) is 0 Å². The van der Waals surface area contributed by atoms with Crippen molar-refractivity contribution in [3.63, 3.8) is 0 Å². The molecule has 0 N–H and O–H groups in total. The molecule has 19 heavy (non-hydrogen) atoms. The molecule has 1 heterocycles. The highest BCUT2D eigenvalue weighted by Gasteiger charge is 2.06. The van der Waals surface area contributed by atoms with E-state index in [-0.39, 0.29) is 5.78 Å². The summed E-state index contributed by atoms with van der Waals surface area (Å²) in [4.78, 5) is 11.8. The minimum Gasteiger partial charge on any atom is -0.294 e. The van der Waals surface area contributed by atoms with E-state index in [0.29, 0.717) is 6.42 Å². The summed E-state index contributed by atoms with van der Waals surface area (Å²) in [5.74, 6) is 0.232. The normalized spacial score (nSPS) is 10.8. The number of Topliss-reactive ketones (excluding diaryl/α,β-unsaturated/α-hetero) is 1. The van der Waals surface area contributed by atoms with Crippen molar-refractivity contribution in [2.45, 2.75) is 71.1 Å². The number of carbonyl (C=O) groups excluding carboxylic acids is 1. The Hall–Kier alpha value is -1.12. The summed E-state index contributed by atoms with van der Waals surface area (Å²) in [6, 6.07) is 0. The van der Waals surface area contributed by atoms with E-state index in [0.717, 1.165) is 12.0 Å². The number of aromatic nitrogens is 2. The molecule has 0 saturated heterocycles. The van der Waals surface area contributed by atoms with E-state index >= 15 is 0 Å². The van der Waals surface area contributed by atoms with Crippen LogP contribution < -0.4 is 0 Å². The molecule has 3 heteroatoms. The van der Waals surface area contributed by atoms with Gasteiger partial charge in [-0.15, -0.1) is 0 Å². The molecule has 0 amide bonds. The zero-order chi connectivity index (χ0) is 13.9. The van der Waals surface area contributed by atoms with Crippen molar-refractivity contribution in [1.29, 1.82) is 0 Å². The number of carbonyl (C=O) groups is 1. The van der Waals surface area contributed by atoms with Crippen LogP contribution in [0.2, 0.25) is 0 Å². The Morgan fingerprint density at radius 2 is 1.63 bits per heavy atom. The summed E-state index contributed by atoms with van der Waals surface area (Å²) in [6.07, 6.45) is 15.7. The summed E-state index contributed by atoms with van der Waals surface area (Å²) < 4.78 is 1.68. The van der Waals surface area contributed by atoms with Crippen molar-refractivity contribution in [2.24, 2.45) is 7.05 Å². The quantitative estimate of drug-likeness (QED) is 0.435. The fourth-order valence-corrected chi connectivity index (χ4v) is 2.31. The second kappa shape index (κ2) is 9.76. The molecule has 1 rings (SSSR count). The largest absolute Gasteiger partial charge is 0.294 e. The Morgan fingerprint density at radius 1 is 1.05 bits per heavy atom. The fourth-order valence-electron chi connectivity index (χ4n) is 2.31. The van der Waals surface area contributed by atoms with Crippen LogP contribution in [0.1, 0.15) is 81.5 Å². The molecule has 0 fully saturated rings. The second-order valence-corrected chi connectivity index (χ2v) is 5.40. The molecule has 1 aromatic rings. The molecule has 0 saturated carbocycles. The molecule has 3 nitrogen and oxygen atoms in total. The topological polar surface area (TPSA) is 34.9 Å². The van der Waals surface area contributed by atoms with Crippen LogP contribution in [0.15, 0.2) is 12.4 Å². The average Bonchev–Trinajstić information content (AvgIpc) is 2.83. The molecule has 0 atom stereocenters. The van der Waals surface area contributed by atoms with E-state index in [1.54, 1.807) is 17.1 Å². The van der Waals surface area contributed by atoms with Crippen LogP contribution in [0, 0.1) is 0 Å². The molecule has 0 aliphatic heterocycles. The molecule has 0 radical (unpaired) electrons. The van der Waals surface area contributed by atoms with Gasteiger partial charge in [-0.2, -0.15) is 5.10 Å². The van der Waals surface area contributed by atoms with Crippen LogP contribution in [0.4, 0.5) is 0 Å². The van der Waals surface area contributed by atoms with Gasteiger partial charge in [-0.1, -0.05) is 58.3 Å². The molecule has 0 unspecified atom stereocenters. The smallest absolute Gasteiger partial charge is 0.166 e. The summed E-state index contributed by atoms with van der Waals surface area (Å²) in [6.45, 7) is 2.25. The monoisotopic (exact) mass is 264 g/mol. The molecular formula is C16H28N2O. The number of hydrogen-bond donors (Lipinski definition) is 0. The molecule has 0 aromatic carbocycles. The van der Waals surface area contributed by atoms with Gasteiger partial charge in [0.2, 0.25) is 0 Å². The van der Waals surface area contributed by atoms with Crippen molar-refractivity contribution in [2.75, 3.05) is 0 Å². The number of hydrogen-bond acceptors (Lipinski definition) is 2. The maximum Gasteiger partial charge on any atom is 0.166 e. The lowest BCUT2D eigenvalue weighted by Crippen LogP contribution is -1.97. The molecule has 0 aliphatic carbocycles. The Bertz CT molecular complexity index is 357. The van der Waals surface area contributed by atoms with E-state index in [9.17, 15) is 4.79 Å². The number of unbranched alkanes of at least 4 members (excludes halogenated alkanes) is 8. The van der Waals surface area contributed by atoms with Crippen molar-refractivity contribution in [3.05, 3.63) is 18.0 Å². The first-order valence-electron chi connectivity index (χ1n) is 7.76. The van der Waals surface area contributed by atoms with Gasteiger partial charge in [0.15, 0.2) is 5.78 Å². The lowest BCUT2D eigenvalue weighted by Gasteiger charge is -2.01. The maximum atomic E-state index is 11.8. The van der Waals surface area contributed by atoms with Crippen LogP contribution in [-0.2, 0) is 7.05 Å². The highest BCUT2D eigenvalue weighted by atomic mass is 16.1. The zero-order valence-electron chi connectivity index (χ0n) is 12.5. The standard InChI is InChI=1S/C16H28N2O/c1-3-4-5-6-7-8-9-10-11-12-16(19)15-13-17-18(2)14-15/h13-14H,3-12H2,1-2H3. The number of ketones is 1. The van der Waals surface area contributed by atoms with Crippen LogP contribution in [0.5, 0.6) is 0 Å². The predicted molar refractivity (Wildman–Crippen MR) is 79.4 cm³/mol. The summed E-state index contributed by atoms with van der Waals surface area (Å²) in [5, 5.41) is 4.03. The first-order valence-corrected chi connectivity index (χ1v) is 7.76. The van der Waals surface area contributed by atoms with Gasteiger partial charge in [0, 0.05) is 19.7 Å². The third-order valence-electron chi connectivity index (χ3n) is 3.53. The summed E-state index contributed by atoms with van der Waals surface area (Å²) in [7, 11) is 1.84. The van der Waals surface area contributed by atoms with Crippen LogP contribution >= 0.6 is 0 Å². The Labute approximate surface area is 117 Å². The average molecular weight is 264 g/mol.